The van der Waals surface area contributed by atoms with Gasteiger partial charge in [-0.25, -0.2) is 15.0 Å². The number of hydrogen-bond donors (Lipinski definition) is 2. The molecule has 1 aromatic carbocycles. The molecule has 3 heterocycles. The first-order chi connectivity index (χ1) is 14.4. The van der Waals surface area contributed by atoms with Gasteiger partial charge in [-0.1, -0.05) is 26.0 Å². The molecule has 0 saturated carbocycles. The number of anilines is 3. The summed E-state index contributed by atoms with van der Waals surface area (Å²) in [5, 5.41) is 2.98. The van der Waals surface area contributed by atoms with Crippen molar-refractivity contribution >= 4 is 23.4 Å². The van der Waals surface area contributed by atoms with Crippen LogP contribution in [0.4, 0.5) is 17.5 Å². The number of carbonyl (C=O) groups is 1. The molecule has 0 aliphatic carbocycles. The Hall–Kier alpha value is -3.48. The van der Waals surface area contributed by atoms with Crippen molar-refractivity contribution in [2.24, 2.45) is 0 Å². The number of amides is 1. The van der Waals surface area contributed by atoms with E-state index in [9.17, 15) is 4.79 Å². The van der Waals surface area contributed by atoms with E-state index >= 15 is 0 Å². The van der Waals surface area contributed by atoms with E-state index in [0.29, 0.717) is 24.1 Å². The summed E-state index contributed by atoms with van der Waals surface area (Å²) in [6.45, 7) is 7.64. The standard InChI is InChI=1S/C23H26N6O/c1-14(2)16-5-4-6-18(11-16)26-22(30)20-9-15(3)10-21(27-20)29-8-7-19-17(13-29)12-25-23(24)28-19/h4-6,9-12,14H,7-8,13H2,1-3H3,(H,26,30)(H2,24,25,28). The molecule has 0 spiro atoms. The zero-order valence-corrected chi connectivity index (χ0v) is 17.5. The van der Waals surface area contributed by atoms with E-state index in [0.717, 1.165) is 41.3 Å². The summed E-state index contributed by atoms with van der Waals surface area (Å²) in [6.07, 6.45) is 2.54. The molecule has 7 nitrogen and oxygen atoms in total. The predicted molar refractivity (Wildman–Crippen MR) is 119 cm³/mol. The second-order valence-corrected chi connectivity index (χ2v) is 7.99. The number of nitrogens with one attached hydrogen (secondary N) is 1. The van der Waals surface area contributed by atoms with Gasteiger partial charge in [0.1, 0.15) is 11.5 Å². The quantitative estimate of drug-likeness (QED) is 0.691. The van der Waals surface area contributed by atoms with Gasteiger partial charge in [0.15, 0.2) is 0 Å². The molecule has 0 saturated heterocycles. The predicted octanol–water partition coefficient (Wildman–Crippen LogP) is 3.70. The molecule has 0 unspecified atom stereocenters. The van der Waals surface area contributed by atoms with Crippen LogP contribution in [0, 0.1) is 6.92 Å². The highest BCUT2D eigenvalue weighted by atomic mass is 16.1. The Morgan fingerprint density at radius 3 is 2.83 bits per heavy atom. The van der Waals surface area contributed by atoms with Crippen molar-refractivity contribution in [1.29, 1.82) is 0 Å². The van der Waals surface area contributed by atoms with Gasteiger partial charge in [-0.2, -0.15) is 0 Å². The van der Waals surface area contributed by atoms with Crippen LogP contribution in [0.1, 0.15) is 52.6 Å². The van der Waals surface area contributed by atoms with Crippen LogP contribution in [0.2, 0.25) is 0 Å². The Bertz CT molecular complexity index is 1090. The third kappa shape index (κ3) is 4.25. The Labute approximate surface area is 176 Å². The molecule has 30 heavy (non-hydrogen) atoms. The number of fused-ring (bicyclic) bond motifs is 1. The monoisotopic (exact) mass is 402 g/mol. The molecule has 4 rings (SSSR count). The molecule has 1 aliphatic rings. The average molecular weight is 403 g/mol. The van der Waals surface area contributed by atoms with Gasteiger partial charge in [-0.15, -0.1) is 0 Å². The van der Waals surface area contributed by atoms with Crippen molar-refractivity contribution in [3.8, 4) is 0 Å². The van der Waals surface area contributed by atoms with Crippen molar-refractivity contribution in [2.75, 3.05) is 22.5 Å². The van der Waals surface area contributed by atoms with Gasteiger partial charge >= 0.3 is 0 Å². The maximum Gasteiger partial charge on any atom is 0.274 e. The lowest BCUT2D eigenvalue weighted by Gasteiger charge is -2.29. The lowest BCUT2D eigenvalue weighted by Crippen LogP contribution is -2.32. The molecule has 7 heteroatoms. The summed E-state index contributed by atoms with van der Waals surface area (Å²) in [7, 11) is 0. The van der Waals surface area contributed by atoms with E-state index in [1.54, 1.807) is 6.20 Å². The number of pyridine rings is 1. The summed E-state index contributed by atoms with van der Waals surface area (Å²) in [5.74, 6) is 1.26. The molecule has 0 radical (unpaired) electrons. The minimum Gasteiger partial charge on any atom is -0.368 e. The van der Waals surface area contributed by atoms with E-state index in [1.165, 1.54) is 5.56 Å². The van der Waals surface area contributed by atoms with E-state index in [4.69, 9.17) is 5.73 Å². The number of carbonyl (C=O) groups excluding carboxylic acids is 1. The normalized spacial score (nSPS) is 13.3. The van der Waals surface area contributed by atoms with Crippen LogP contribution in [0.3, 0.4) is 0 Å². The van der Waals surface area contributed by atoms with Crippen LogP contribution >= 0.6 is 0 Å². The first-order valence-electron chi connectivity index (χ1n) is 10.1. The van der Waals surface area contributed by atoms with Crippen molar-refractivity contribution in [3.63, 3.8) is 0 Å². The van der Waals surface area contributed by atoms with Crippen molar-refractivity contribution in [2.45, 2.75) is 39.7 Å². The van der Waals surface area contributed by atoms with Gasteiger partial charge < -0.3 is 16.0 Å². The van der Waals surface area contributed by atoms with Gasteiger partial charge in [0.25, 0.3) is 5.91 Å². The fourth-order valence-electron chi connectivity index (χ4n) is 3.63. The molecule has 0 fully saturated rings. The SMILES string of the molecule is Cc1cc(C(=O)Nc2cccc(C(C)C)c2)nc(N2CCc3nc(N)ncc3C2)c1. The number of aryl methyl sites for hydroxylation is 1. The number of hydrogen-bond acceptors (Lipinski definition) is 6. The second-order valence-electron chi connectivity index (χ2n) is 7.99. The number of aromatic nitrogens is 3. The summed E-state index contributed by atoms with van der Waals surface area (Å²) in [5.41, 5.74) is 11.1. The minimum atomic E-state index is -0.214. The zero-order valence-electron chi connectivity index (χ0n) is 17.5. The first kappa shape index (κ1) is 19.8. The highest BCUT2D eigenvalue weighted by Gasteiger charge is 2.21. The van der Waals surface area contributed by atoms with Crippen molar-refractivity contribution in [3.05, 3.63) is 70.7 Å². The second kappa shape index (κ2) is 8.10. The van der Waals surface area contributed by atoms with Gasteiger partial charge in [0.2, 0.25) is 5.95 Å². The van der Waals surface area contributed by atoms with Crippen LogP contribution in [0.5, 0.6) is 0 Å². The van der Waals surface area contributed by atoms with E-state index in [2.05, 4.69) is 45.1 Å². The molecule has 1 aliphatic heterocycles. The molecular formula is C23H26N6O. The van der Waals surface area contributed by atoms with Gasteiger partial charge in [-0.05, 0) is 48.2 Å². The molecule has 2 aromatic heterocycles. The van der Waals surface area contributed by atoms with Crippen molar-refractivity contribution in [1.82, 2.24) is 15.0 Å². The largest absolute Gasteiger partial charge is 0.368 e. The molecule has 1 amide bonds. The molecule has 0 atom stereocenters. The Kier molecular flexibility index (Phi) is 5.35. The third-order valence-electron chi connectivity index (χ3n) is 5.28. The topological polar surface area (TPSA) is 97.0 Å². The number of nitrogens with two attached hydrogens (primary N) is 1. The zero-order chi connectivity index (χ0) is 21.3. The Morgan fingerprint density at radius 2 is 2.03 bits per heavy atom. The van der Waals surface area contributed by atoms with E-state index in [-0.39, 0.29) is 5.91 Å². The van der Waals surface area contributed by atoms with Crippen LogP contribution in [-0.4, -0.2) is 27.4 Å². The van der Waals surface area contributed by atoms with Crippen molar-refractivity contribution < 1.29 is 4.79 Å². The highest BCUT2D eigenvalue weighted by Crippen LogP contribution is 2.24. The van der Waals surface area contributed by atoms with Gasteiger partial charge in [-0.3, -0.25) is 4.79 Å². The molecular weight excluding hydrogens is 376 g/mol. The molecule has 0 bridgehead atoms. The first-order valence-corrected chi connectivity index (χ1v) is 10.1. The number of nitrogen functional groups attached to an aromatic ring is 1. The highest BCUT2D eigenvalue weighted by molar-refractivity contribution is 6.03. The fourth-order valence-corrected chi connectivity index (χ4v) is 3.63. The van der Waals surface area contributed by atoms with Gasteiger partial charge in [0, 0.05) is 37.0 Å². The van der Waals surface area contributed by atoms with Crippen LogP contribution in [-0.2, 0) is 13.0 Å². The van der Waals surface area contributed by atoms with Crippen LogP contribution in [0.25, 0.3) is 0 Å². The lowest BCUT2D eigenvalue weighted by atomic mass is 10.0. The smallest absolute Gasteiger partial charge is 0.274 e. The summed E-state index contributed by atoms with van der Waals surface area (Å²) in [4.78, 5) is 28.1. The molecule has 3 aromatic rings. The Balaban J connectivity index is 1.55. The summed E-state index contributed by atoms with van der Waals surface area (Å²) < 4.78 is 0. The number of nitrogens with zero attached hydrogens (tertiary/aromatic N) is 4. The van der Waals surface area contributed by atoms with Gasteiger partial charge in [0.05, 0.1) is 5.69 Å². The molecule has 3 N–H and O–H groups in total. The lowest BCUT2D eigenvalue weighted by molar-refractivity contribution is 0.102. The van der Waals surface area contributed by atoms with Crippen LogP contribution in [0.15, 0.2) is 42.6 Å². The van der Waals surface area contributed by atoms with Crippen LogP contribution < -0.4 is 16.0 Å². The molecule has 154 valence electrons. The number of rotatable bonds is 4. The summed E-state index contributed by atoms with van der Waals surface area (Å²) in [6, 6.07) is 11.7. The number of benzene rings is 1. The third-order valence-corrected chi connectivity index (χ3v) is 5.28. The average Bonchev–Trinajstić information content (AvgIpc) is 2.73. The summed E-state index contributed by atoms with van der Waals surface area (Å²) >= 11 is 0. The minimum absolute atomic E-state index is 0.214. The fraction of sp³-hybridized carbons (Fsp3) is 0.304. The van der Waals surface area contributed by atoms with E-state index in [1.807, 2.05) is 37.3 Å². The maximum atomic E-state index is 12.9. The Morgan fingerprint density at radius 1 is 1.20 bits per heavy atom. The maximum absolute atomic E-state index is 12.9. The van der Waals surface area contributed by atoms with E-state index < -0.39 is 0 Å².